The van der Waals surface area contributed by atoms with Gasteiger partial charge in [-0.1, -0.05) is 287 Å². The zero-order chi connectivity index (χ0) is 57.9. The number of phosphoric acid groups is 1. The third-order valence-corrected chi connectivity index (χ3v) is 15.6. The van der Waals surface area contributed by atoms with Gasteiger partial charge in [0.2, 0.25) is 5.91 Å². The van der Waals surface area contributed by atoms with Crippen molar-refractivity contribution in [2.45, 2.75) is 315 Å². The first-order valence-electron chi connectivity index (χ1n) is 33.2. The van der Waals surface area contributed by atoms with Crippen LogP contribution in [-0.2, 0) is 27.9 Å². The average Bonchev–Trinajstić information content (AvgIpc) is 3.41. The lowest BCUT2D eigenvalue weighted by Crippen LogP contribution is -2.47. The summed E-state index contributed by atoms with van der Waals surface area (Å²) in [6.45, 7) is 6.75. The summed E-state index contributed by atoms with van der Waals surface area (Å²) >= 11 is 0. The summed E-state index contributed by atoms with van der Waals surface area (Å²) in [5.74, 6) is -0.540. The number of carbonyl (C=O) groups is 2. The molecule has 0 saturated carbocycles. The number of nitrogens with zero attached hydrogens (tertiary/aromatic N) is 1. The molecule has 0 fully saturated rings. The number of ether oxygens (including phenoxy) is 1. The minimum Gasteiger partial charge on any atom is -0.756 e. The van der Waals surface area contributed by atoms with Crippen molar-refractivity contribution in [1.29, 1.82) is 0 Å². The van der Waals surface area contributed by atoms with Crippen LogP contribution in [0.15, 0.2) is 72.9 Å². The third kappa shape index (κ3) is 59.9. The molecule has 1 N–H and O–H groups in total. The summed E-state index contributed by atoms with van der Waals surface area (Å²) in [5, 5.41) is 3.03. The molecule has 3 atom stereocenters. The van der Waals surface area contributed by atoms with Gasteiger partial charge in [0.15, 0.2) is 0 Å². The molecule has 460 valence electrons. The van der Waals surface area contributed by atoms with Crippen molar-refractivity contribution in [1.82, 2.24) is 5.32 Å². The summed E-state index contributed by atoms with van der Waals surface area (Å²) in [6, 6.07) is -0.892. The van der Waals surface area contributed by atoms with Gasteiger partial charge in [0.25, 0.3) is 7.82 Å². The number of phosphoric ester groups is 1. The van der Waals surface area contributed by atoms with E-state index < -0.39 is 26.6 Å². The molecule has 10 heteroatoms. The summed E-state index contributed by atoms with van der Waals surface area (Å²) in [5.41, 5.74) is 0. The molecule has 0 aliphatic carbocycles. The Bertz CT molecular complexity index is 1580. The Morgan fingerprint density at radius 2 is 0.810 bits per heavy atom. The normalized spacial score (nSPS) is 14.1. The Labute approximate surface area is 489 Å². The van der Waals surface area contributed by atoms with E-state index in [-0.39, 0.29) is 24.9 Å². The molecule has 0 bridgehead atoms. The number of rotatable bonds is 60. The van der Waals surface area contributed by atoms with E-state index in [0.717, 1.165) is 103 Å². The van der Waals surface area contributed by atoms with E-state index in [1.165, 1.54) is 167 Å². The zero-order valence-corrected chi connectivity index (χ0v) is 53.5. The quantitative estimate of drug-likeness (QED) is 0.0212. The maximum absolute atomic E-state index is 13.6. The number of hydrogen-bond donors (Lipinski definition) is 1. The van der Waals surface area contributed by atoms with Crippen molar-refractivity contribution in [2.24, 2.45) is 0 Å². The van der Waals surface area contributed by atoms with Gasteiger partial charge in [0.1, 0.15) is 19.3 Å². The summed E-state index contributed by atoms with van der Waals surface area (Å²) < 4.78 is 30.4. The van der Waals surface area contributed by atoms with Crippen LogP contribution in [0.5, 0.6) is 0 Å². The van der Waals surface area contributed by atoms with Gasteiger partial charge in [0, 0.05) is 12.8 Å². The fourth-order valence-electron chi connectivity index (χ4n) is 9.55. The molecule has 0 aromatic carbocycles. The second-order valence-corrected chi connectivity index (χ2v) is 25.0. The first kappa shape index (κ1) is 76.5. The maximum atomic E-state index is 13.6. The van der Waals surface area contributed by atoms with Crippen LogP contribution in [0.2, 0.25) is 0 Å². The van der Waals surface area contributed by atoms with Crippen LogP contribution in [-0.4, -0.2) is 69.4 Å². The van der Waals surface area contributed by atoms with E-state index in [1.54, 1.807) is 0 Å². The van der Waals surface area contributed by atoms with Crippen LogP contribution in [0.25, 0.3) is 0 Å². The van der Waals surface area contributed by atoms with Crippen molar-refractivity contribution in [3.63, 3.8) is 0 Å². The van der Waals surface area contributed by atoms with E-state index in [1.807, 2.05) is 33.3 Å². The first-order chi connectivity index (χ1) is 38.4. The second-order valence-electron chi connectivity index (χ2n) is 23.6. The topological polar surface area (TPSA) is 114 Å². The fraction of sp³-hybridized carbons (Fsp3) is 0.797. The molecule has 3 unspecified atom stereocenters. The van der Waals surface area contributed by atoms with Gasteiger partial charge in [-0.3, -0.25) is 14.2 Å². The molecule has 0 spiro atoms. The van der Waals surface area contributed by atoms with Gasteiger partial charge in [0.05, 0.1) is 33.8 Å². The van der Waals surface area contributed by atoms with Crippen LogP contribution in [0.4, 0.5) is 0 Å². The Morgan fingerprint density at radius 1 is 0.456 bits per heavy atom. The van der Waals surface area contributed by atoms with Crippen molar-refractivity contribution in [3.8, 4) is 0 Å². The molecule has 0 heterocycles. The smallest absolute Gasteiger partial charge is 0.306 e. The summed E-state index contributed by atoms with van der Waals surface area (Å²) in [6.07, 6.45) is 75.9. The third-order valence-electron chi connectivity index (χ3n) is 14.7. The number of carbonyl (C=O) groups excluding carboxylic acids is 2. The van der Waals surface area contributed by atoms with Crippen molar-refractivity contribution in [2.75, 3.05) is 40.9 Å². The van der Waals surface area contributed by atoms with Crippen molar-refractivity contribution < 1.29 is 37.3 Å². The zero-order valence-electron chi connectivity index (χ0n) is 52.6. The monoisotopic (exact) mass is 1130 g/mol. The first-order valence-corrected chi connectivity index (χ1v) is 34.7. The lowest BCUT2D eigenvalue weighted by molar-refractivity contribution is -0.870. The highest BCUT2D eigenvalue weighted by Crippen LogP contribution is 2.38. The van der Waals surface area contributed by atoms with Crippen molar-refractivity contribution in [3.05, 3.63) is 72.9 Å². The minimum absolute atomic E-state index is 0.0243. The molecule has 0 aliphatic rings. The molecular weight excluding hydrogens is 1000 g/mol. The largest absolute Gasteiger partial charge is 0.756 e. The van der Waals surface area contributed by atoms with Gasteiger partial charge in [-0.2, -0.15) is 0 Å². The highest BCUT2D eigenvalue weighted by Gasteiger charge is 2.27. The van der Waals surface area contributed by atoms with Crippen molar-refractivity contribution >= 4 is 19.7 Å². The Kier molecular flexibility index (Phi) is 56.7. The van der Waals surface area contributed by atoms with Crippen LogP contribution in [0.3, 0.4) is 0 Å². The molecule has 0 aromatic rings. The van der Waals surface area contributed by atoms with Gasteiger partial charge in [-0.25, -0.2) is 0 Å². The van der Waals surface area contributed by atoms with E-state index in [4.69, 9.17) is 13.8 Å². The van der Waals surface area contributed by atoms with Gasteiger partial charge >= 0.3 is 5.97 Å². The van der Waals surface area contributed by atoms with Crippen LogP contribution in [0, 0.1) is 0 Å². The predicted molar refractivity (Wildman–Crippen MR) is 339 cm³/mol. The van der Waals surface area contributed by atoms with Gasteiger partial charge in [-0.05, 0) is 76.7 Å². The van der Waals surface area contributed by atoms with E-state index in [9.17, 15) is 19.0 Å². The second kappa shape index (κ2) is 58.6. The number of allylic oxidation sites excluding steroid dienone is 11. The molecular formula is C69H127N2O7P. The lowest BCUT2D eigenvalue weighted by Gasteiger charge is -2.30. The number of esters is 1. The van der Waals surface area contributed by atoms with E-state index >= 15 is 0 Å². The standard InChI is InChI=1S/C69H127N2O7P/c1-7-10-13-16-19-22-25-27-29-31-32-33-34-35-36-37-38-40-41-43-46-49-52-55-58-61-68(72)70-66(65-77-79(74,75)76-64-63-71(4,5)6)67(60-57-54-51-48-45-24-21-18-15-12-9-3)78-69(73)62-59-56-53-50-47-44-42-39-30-28-26-23-20-17-14-11-8-2/h10,13,19,22,27,29,32-33,35-36,57,60,66-67H,7-9,11-12,14-18,20-21,23-26,28,30-31,34,37-56,58-59,61-65H2,1-6H3,(H-,70,72,74,75)/b13-10-,22-19-,29-27-,33-32-,36-35-,60-57-. The SMILES string of the molecule is CC/C=C\C/C=C\C/C=C\C/C=C\C/C=C\CCCCCCCCCCCC(=O)NC(COP(=O)([O-])OCC[N+](C)(C)C)C(/C=C\CCCCCCCCCCC)OC(=O)CCCCCCCCCCCCCCCCCCC. The Balaban J connectivity index is 5.09. The molecule has 0 rings (SSSR count). The maximum Gasteiger partial charge on any atom is 0.306 e. The van der Waals surface area contributed by atoms with E-state index in [0.29, 0.717) is 17.4 Å². The molecule has 1 amide bonds. The molecule has 0 saturated heterocycles. The number of likely N-dealkylation sites (N-methyl/N-ethyl adjacent to an activating group) is 1. The Morgan fingerprint density at radius 3 is 1.22 bits per heavy atom. The van der Waals surface area contributed by atoms with Crippen LogP contribution in [0.1, 0.15) is 303 Å². The van der Waals surface area contributed by atoms with Crippen LogP contribution >= 0.6 is 7.82 Å². The van der Waals surface area contributed by atoms with Crippen LogP contribution < -0.4 is 10.2 Å². The number of quaternary nitrogens is 1. The van der Waals surface area contributed by atoms with Gasteiger partial charge < -0.3 is 28.5 Å². The minimum atomic E-state index is -4.70. The molecule has 0 aliphatic heterocycles. The number of amides is 1. The highest BCUT2D eigenvalue weighted by molar-refractivity contribution is 7.45. The lowest BCUT2D eigenvalue weighted by atomic mass is 10.0. The molecule has 0 aromatic heterocycles. The summed E-state index contributed by atoms with van der Waals surface area (Å²) in [7, 11) is 1.18. The molecule has 0 radical (unpaired) electrons. The Hall–Kier alpha value is -2.55. The summed E-state index contributed by atoms with van der Waals surface area (Å²) in [4.78, 5) is 40.1. The molecule has 9 nitrogen and oxygen atoms in total. The number of hydrogen-bond acceptors (Lipinski definition) is 7. The molecule has 79 heavy (non-hydrogen) atoms. The highest BCUT2D eigenvalue weighted by atomic mass is 31.2. The average molecular weight is 1130 g/mol. The van der Waals surface area contributed by atoms with E-state index in [2.05, 4.69) is 86.8 Å². The number of nitrogens with one attached hydrogen (secondary N) is 1. The predicted octanol–water partition coefficient (Wildman–Crippen LogP) is 20.2. The number of unbranched alkanes of at least 4 members (excludes halogenated alkanes) is 34. The van der Waals surface area contributed by atoms with Gasteiger partial charge in [-0.15, -0.1) is 0 Å². The fourth-order valence-corrected chi connectivity index (χ4v) is 10.3.